The zero-order valence-electron chi connectivity index (χ0n) is 18.6. The summed E-state index contributed by atoms with van der Waals surface area (Å²) in [5.41, 5.74) is 4.08. The molecular formula is C25H25N3O3S2. The van der Waals surface area contributed by atoms with E-state index in [1.165, 1.54) is 11.3 Å². The van der Waals surface area contributed by atoms with Crippen LogP contribution in [0.25, 0.3) is 10.2 Å². The van der Waals surface area contributed by atoms with Gasteiger partial charge in [-0.3, -0.25) is 14.7 Å². The quantitative estimate of drug-likeness (QED) is 0.351. The first-order valence-corrected chi connectivity index (χ1v) is 13.2. The number of aryl methyl sites for hydroxylation is 2. The smallest absolute Gasteiger partial charge is 0.229 e. The number of thiazole rings is 1. The molecule has 0 aliphatic carbocycles. The van der Waals surface area contributed by atoms with Gasteiger partial charge in [-0.25, -0.2) is 13.4 Å². The van der Waals surface area contributed by atoms with Gasteiger partial charge in [0.25, 0.3) is 0 Å². The molecule has 170 valence electrons. The summed E-state index contributed by atoms with van der Waals surface area (Å²) in [5, 5.41) is 0.617. The van der Waals surface area contributed by atoms with Crippen LogP contribution in [0.15, 0.2) is 71.9 Å². The molecule has 33 heavy (non-hydrogen) atoms. The zero-order valence-corrected chi connectivity index (χ0v) is 20.2. The third-order valence-corrected chi connectivity index (χ3v) is 8.46. The van der Waals surface area contributed by atoms with Crippen LogP contribution in [0.1, 0.15) is 29.5 Å². The van der Waals surface area contributed by atoms with Crippen LogP contribution >= 0.6 is 11.3 Å². The summed E-state index contributed by atoms with van der Waals surface area (Å²) < 4.78 is 26.2. The van der Waals surface area contributed by atoms with Gasteiger partial charge in [-0.1, -0.05) is 35.6 Å². The number of carbonyl (C=O) groups is 1. The lowest BCUT2D eigenvalue weighted by Gasteiger charge is -2.20. The molecule has 0 aliphatic rings. The molecule has 0 fully saturated rings. The standard InChI is InChI=1S/C25H25N3O3S2/c1-18-10-11-22-24(19(18)2)27-25(32-22)28(17-20-12-14-26-15-13-20)23(29)9-6-16-33(30,31)21-7-4-3-5-8-21/h3-5,7-8,10-15H,6,9,16-17H2,1-2H3. The fourth-order valence-electron chi connectivity index (χ4n) is 3.56. The number of fused-ring (bicyclic) bond motifs is 1. The minimum atomic E-state index is -3.43. The lowest BCUT2D eigenvalue weighted by atomic mass is 10.1. The van der Waals surface area contributed by atoms with Gasteiger partial charge in [0.1, 0.15) is 0 Å². The molecule has 0 aliphatic heterocycles. The summed E-state index contributed by atoms with van der Waals surface area (Å²) in [6.07, 6.45) is 3.74. The molecule has 0 spiro atoms. The number of anilines is 1. The Morgan fingerprint density at radius 3 is 2.45 bits per heavy atom. The molecule has 0 atom stereocenters. The highest BCUT2D eigenvalue weighted by Crippen LogP contribution is 2.33. The lowest BCUT2D eigenvalue weighted by Crippen LogP contribution is -2.30. The Balaban J connectivity index is 1.56. The number of sulfone groups is 1. The van der Waals surface area contributed by atoms with Gasteiger partial charge < -0.3 is 0 Å². The normalized spacial score (nSPS) is 11.6. The van der Waals surface area contributed by atoms with E-state index in [0.717, 1.165) is 26.9 Å². The average molecular weight is 480 g/mol. The Morgan fingerprint density at radius 2 is 1.73 bits per heavy atom. The first-order chi connectivity index (χ1) is 15.8. The molecule has 0 unspecified atom stereocenters. The fourth-order valence-corrected chi connectivity index (χ4v) is 5.93. The van der Waals surface area contributed by atoms with E-state index in [9.17, 15) is 13.2 Å². The number of hydrogen-bond acceptors (Lipinski definition) is 6. The van der Waals surface area contributed by atoms with Crippen molar-refractivity contribution in [2.24, 2.45) is 0 Å². The highest BCUT2D eigenvalue weighted by atomic mass is 32.2. The molecule has 2 aromatic carbocycles. The van der Waals surface area contributed by atoms with Crippen molar-refractivity contribution in [3.8, 4) is 0 Å². The molecule has 1 amide bonds. The van der Waals surface area contributed by atoms with Crippen molar-refractivity contribution in [2.45, 2.75) is 38.1 Å². The number of aromatic nitrogens is 2. The van der Waals surface area contributed by atoms with Crippen molar-refractivity contribution in [2.75, 3.05) is 10.7 Å². The van der Waals surface area contributed by atoms with Crippen LogP contribution in [0.3, 0.4) is 0 Å². The van der Waals surface area contributed by atoms with Crippen LogP contribution < -0.4 is 4.90 Å². The van der Waals surface area contributed by atoms with E-state index in [2.05, 4.69) is 11.1 Å². The highest BCUT2D eigenvalue weighted by molar-refractivity contribution is 7.91. The maximum absolute atomic E-state index is 13.3. The van der Waals surface area contributed by atoms with E-state index in [1.54, 1.807) is 47.6 Å². The van der Waals surface area contributed by atoms with Gasteiger partial charge in [-0.2, -0.15) is 0 Å². The van der Waals surface area contributed by atoms with E-state index in [1.807, 2.05) is 32.0 Å². The molecule has 0 radical (unpaired) electrons. The van der Waals surface area contributed by atoms with E-state index >= 15 is 0 Å². The first kappa shape index (κ1) is 23.1. The molecule has 4 aromatic rings. The Kier molecular flexibility index (Phi) is 6.85. The number of nitrogens with zero attached hydrogens (tertiary/aromatic N) is 3. The molecule has 0 saturated carbocycles. The molecule has 2 heterocycles. The van der Waals surface area contributed by atoms with E-state index in [0.29, 0.717) is 11.7 Å². The van der Waals surface area contributed by atoms with Gasteiger partial charge >= 0.3 is 0 Å². The maximum atomic E-state index is 13.3. The molecule has 2 aromatic heterocycles. The summed E-state index contributed by atoms with van der Waals surface area (Å²) in [6, 6.07) is 16.2. The van der Waals surface area contributed by atoms with E-state index in [4.69, 9.17) is 4.98 Å². The first-order valence-electron chi connectivity index (χ1n) is 10.7. The van der Waals surface area contributed by atoms with Gasteiger partial charge in [-0.15, -0.1) is 0 Å². The van der Waals surface area contributed by atoms with Crippen LogP contribution in [0.2, 0.25) is 0 Å². The predicted molar refractivity (Wildman–Crippen MR) is 132 cm³/mol. The number of benzene rings is 2. The Bertz CT molecular complexity index is 1370. The van der Waals surface area contributed by atoms with E-state index < -0.39 is 9.84 Å². The second-order valence-electron chi connectivity index (χ2n) is 7.92. The Morgan fingerprint density at radius 1 is 1.00 bits per heavy atom. The molecule has 0 N–H and O–H groups in total. The summed E-state index contributed by atoms with van der Waals surface area (Å²) in [6.45, 7) is 4.43. The van der Waals surface area contributed by atoms with E-state index in [-0.39, 0.29) is 29.4 Å². The fraction of sp³-hybridized carbons (Fsp3) is 0.240. The van der Waals surface area contributed by atoms with Gasteiger partial charge in [0, 0.05) is 18.8 Å². The van der Waals surface area contributed by atoms with Crippen molar-refractivity contribution in [1.82, 2.24) is 9.97 Å². The number of rotatable bonds is 8. The highest BCUT2D eigenvalue weighted by Gasteiger charge is 2.22. The molecule has 4 rings (SSSR count). The molecule has 0 saturated heterocycles. The van der Waals surface area contributed by atoms with Crippen molar-refractivity contribution >= 4 is 42.4 Å². The van der Waals surface area contributed by atoms with Crippen LogP contribution in [-0.4, -0.2) is 30.0 Å². The predicted octanol–water partition coefficient (Wildman–Crippen LogP) is 5.10. The van der Waals surface area contributed by atoms with Crippen LogP contribution in [0.4, 0.5) is 5.13 Å². The van der Waals surface area contributed by atoms with Crippen molar-refractivity contribution in [3.05, 3.63) is 83.7 Å². The number of carbonyl (C=O) groups excluding carboxylic acids is 1. The van der Waals surface area contributed by atoms with Crippen LogP contribution in [-0.2, 0) is 21.2 Å². The third-order valence-electron chi connectivity index (χ3n) is 5.60. The zero-order chi connectivity index (χ0) is 23.4. The van der Waals surface area contributed by atoms with Gasteiger partial charge in [0.15, 0.2) is 15.0 Å². The van der Waals surface area contributed by atoms with Crippen molar-refractivity contribution < 1.29 is 13.2 Å². The maximum Gasteiger partial charge on any atom is 0.229 e. The Labute approximate surface area is 197 Å². The second kappa shape index (κ2) is 9.80. The number of hydrogen-bond donors (Lipinski definition) is 0. The molecule has 8 heteroatoms. The Hall–Kier alpha value is -3.10. The van der Waals surface area contributed by atoms with Gasteiger partial charge in [0.2, 0.25) is 5.91 Å². The van der Waals surface area contributed by atoms with Gasteiger partial charge in [-0.05, 0) is 67.3 Å². The number of amides is 1. The monoisotopic (exact) mass is 479 g/mol. The summed E-state index contributed by atoms with van der Waals surface area (Å²) >= 11 is 1.47. The average Bonchev–Trinajstić information content (AvgIpc) is 3.26. The molecule has 0 bridgehead atoms. The third kappa shape index (κ3) is 5.29. The summed E-state index contributed by atoms with van der Waals surface area (Å²) in [4.78, 5) is 24.1. The van der Waals surface area contributed by atoms with Crippen LogP contribution in [0, 0.1) is 13.8 Å². The summed E-state index contributed by atoms with van der Waals surface area (Å²) in [7, 11) is -3.43. The van der Waals surface area contributed by atoms with Gasteiger partial charge in [0.05, 0.1) is 27.4 Å². The SMILES string of the molecule is Cc1ccc2sc(N(Cc3ccncc3)C(=O)CCCS(=O)(=O)c3ccccc3)nc2c1C. The lowest BCUT2D eigenvalue weighted by molar-refractivity contribution is -0.118. The molecule has 6 nitrogen and oxygen atoms in total. The van der Waals surface area contributed by atoms with Crippen LogP contribution in [0.5, 0.6) is 0 Å². The second-order valence-corrected chi connectivity index (χ2v) is 11.0. The van der Waals surface area contributed by atoms with Crippen molar-refractivity contribution in [3.63, 3.8) is 0 Å². The molecular weight excluding hydrogens is 454 g/mol. The van der Waals surface area contributed by atoms with Crippen molar-refractivity contribution in [1.29, 1.82) is 0 Å². The topological polar surface area (TPSA) is 80.2 Å². The summed E-state index contributed by atoms with van der Waals surface area (Å²) in [5.74, 6) is -0.229. The number of pyridine rings is 1. The minimum Gasteiger partial charge on any atom is -0.284 e. The minimum absolute atomic E-state index is 0.0794. The largest absolute Gasteiger partial charge is 0.284 e.